The minimum absolute atomic E-state index is 0.207. The summed E-state index contributed by atoms with van der Waals surface area (Å²) in [6.45, 7) is 0. The molecule has 0 bridgehead atoms. The van der Waals surface area contributed by atoms with Gasteiger partial charge in [0.15, 0.2) is 5.78 Å². The van der Waals surface area contributed by atoms with Crippen molar-refractivity contribution in [2.24, 2.45) is 0 Å². The van der Waals surface area contributed by atoms with E-state index < -0.39 is 0 Å². The highest BCUT2D eigenvalue weighted by atomic mass is 16.5. The SMILES string of the molecule is COc1cncc(C2=CC(=O)CCC2)c1. The average Bonchev–Trinajstić information content (AvgIpc) is 2.29. The van der Waals surface area contributed by atoms with Gasteiger partial charge in [-0.25, -0.2) is 0 Å². The molecule has 1 aromatic rings. The molecule has 0 saturated heterocycles. The predicted molar refractivity (Wildman–Crippen MR) is 57.6 cm³/mol. The second-order valence-electron chi connectivity index (χ2n) is 3.60. The zero-order chi connectivity index (χ0) is 10.7. The Bertz CT molecular complexity index is 410. The summed E-state index contributed by atoms with van der Waals surface area (Å²) in [6, 6.07) is 1.91. The number of ketones is 1. The number of ether oxygens (including phenoxy) is 1. The summed E-state index contributed by atoms with van der Waals surface area (Å²) in [4.78, 5) is 15.4. The molecule has 0 radical (unpaired) electrons. The van der Waals surface area contributed by atoms with Crippen LogP contribution in [0.4, 0.5) is 0 Å². The van der Waals surface area contributed by atoms with E-state index in [1.165, 1.54) is 0 Å². The van der Waals surface area contributed by atoms with Crippen LogP contribution < -0.4 is 4.74 Å². The average molecular weight is 203 g/mol. The van der Waals surface area contributed by atoms with Crippen molar-refractivity contribution in [1.29, 1.82) is 0 Å². The quantitative estimate of drug-likeness (QED) is 0.739. The Kier molecular flexibility index (Phi) is 2.81. The molecule has 0 N–H and O–H groups in total. The van der Waals surface area contributed by atoms with Crippen LogP contribution in [-0.4, -0.2) is 17.9 Å². The van der Waals surface area contributed by atoms with Gasteiger partial charge in [-0.2, -0.15) is 0 Å². The first kappa shape index (κ1) is 9.90. The van der Waals surface area contributed by atoms with Crippen molar-refractivity contribution in [3.8, 4) is 5.75 Å². The third kappa shape index (κ3) is 2.24. The van der Waals surface area contributed by atoms with Crippen LogP contribution in [0.5, 0.6) is 5.75 Å². The van der Waals surface area contributed by atoms with E-state index in [1.807, 2.05) is 6.07 Å². The highest BCUT2D eigenvalue weighted by molar-refractivity contribution is 5.98. The molecule has 0 aliphatic heterocycles. The Morgan fingerprint density at radius 2 is 2.20 bits per heavy atom. The topological polar surface area (TPSA) is 39.2 Å². The molecule has 1 aliphatic rings. The van der Waals surface area contributed by atoms with Gasteiger partial charge in [0.25, 0.3) is 0 Å². The molecule has 0 fully saturated rings. The summed E-state index contributed by atoms with van der Waals surface area (Å²) in [5.74, 6) is 0.936. The van der Waals surface area contributed by atoms with Crippen LogP contribution in [0.1, 0.15) is 24.8 Å². The van der Waals surface area contributed by atoms with Crippen molar-refractivity contribution in [1.82, 2.24) is 4.98 Å². The number of carbonyl (C=O) groups is 1. The van der Waals surface area contributed by atoms with E-state index in [4.69, 9.17) is 4.74 Å². The lowest BCUT2D eigenvalue weighted by molar-refractivity contribution is -0.114. The highest BCUT2D eigenvalue weighted by Gasteiger charge is 2.12. The van der Waals surface area contributed by atoms with Gasteiger partial charge < -0.3 is 4.74 Å². The van der Waals surface area contributed by atoms with Crippen LogP contribution in [0.25, 0.3) is 5.57 Å². The lowest BCUT2D eigenvalue weighted by Gasteiger charge is -2.12. The van der Waals surface area contributed by atoms with Crippen LogP contribution in [0, 0.1) is 0 Å². The summed E-state index contributed by atoms with van der Waals surface area (Å²) in [5, 5.41) is 0. The molecule has 3 nitrogen and oxygen atoms in total. The Hall–Kier alpha value is -1.64. The second kappa shape index (κ2) is 4.26. The van der Waals surface area contributed by atoms with Crippen LogP contribution in [0.15, 0.2) is 24.5 Å². The minimum atomic E-state index is 0.207. The smallest absolute Gasteiger partial charge is 0.155 e. The first-order valence-corrected chi connectivity index (χ1v) is 5.02. The van der Waals surface area contributed by atoms with Crippen LogP contribution in [0.3, 0.4) is 0 Å². The predicted octanol–water partition coefficient (Wildman–Crippen LogP) is 2.23. The van der Waals surface area contributed by atoms with Gasteiger partial charge in [-0.1, -0.05) is 0 Å². The lowest BCUT2D eigenvalue weighted by Crippen LogP contribution is -2.02. The third-order valence-corrected chi connectivity index (χ3v) is 2.52. The number of pyridine rings is 1. The van der Waals surface area contributed by atoms with Crippen LogP contribution in [-0.2, 0) is 4.79 Å². The van der Waals surface area contributed by atoms with Gasteiger partial charge in [0.05, 0.1) is 13.3 Å². The molecule has 78 valence electrons. The molecule has 0 saturated carbocycles. The molecule has 1 aliphatic carbocycles. The molecule has 0 spiro atoms. The molecule has 0 unspecified atom stereocenters. The highest BCUT2D eigenvalue weighted by Crippen LogP contribution is 2.26. The van der Waals surface area contributed by atoms with E-state index in [0.717, 1.165) is 29.7 Å². The molecule has 2 rings (SSSR count). The van der Waals surface area contributed by atoms with Crippen LogP contribution in [0.2, 0.25) is 0 Å². The zero-order valence-electron chi connectivity index (χ0n) is 8.69. The number of hydrogen-bond donors (Lipinski definition) is 0. The number of nitrogens with zero attached hydrogens (tertiary/aromatic N) is 1. The maximum atomic E-state index is 11.3. The van der Waals surface area contributed by atoms with E-state index in [2.05, 4.69) is 4.98 Å². The molecular formula is C12H13NO2. The maximum Gasteiger partial charge on any atom is 0.155 e. The summed E-state index contributed by atoms with van der Waals surface area (Å²) >= 11 is 0. The van der Waals surface area contributed by atoms with Gasteiger partial charge in [0.1, 0.15) is 5.75 Å². The van der Waals surface area contributed by atoms with Crippen molar-refractivity contribution in [2.45, 2.75) is 19.3 Å². The molecule has 0 amide bonds. The monoisotopic (exact) mass is 203 g/mol. The Balaban J connectivity index is 2.32. The zero-order valence-corrected chi connectivity index (χ0v) is 8.69. The van der Waals surface area contributed by atoms with E-state index in [9.17, 15) is 4.79 Å². The molecule has 0 atom stereocenters. The van der Waals surface area contributed by atoms with E-state index in [0.29, 0.717) is 6.42 Å². The Labute approximate surface area is 88.8 Å². The normalized spacial score (nSPS) is 16.1. The van der Waals surface area contributed by atoms with Gasteiger partial charge in [0.2, 0.25) is 0 Å². The van der Waals surface area contributed by atoms with Crippen molar-refractivity contribution in [3.05, 3.63) is 30.1 Å². The van der Waals surface area contributed by atoms with Gasteiger partial charge in [0, 0.05) is 12.6 Å². The van der Waals surface area contributed by atoms with E-state index >= 15 is 0 Å². The molecule has 1 heterocycles. The number of carbonyl (C=O) groups excluding carboxylic acids is 1. The summed E-state index contributed by atoms with van der Waals surface area (Å²) < 4.78 is 5.10. The van der Waals surface area contributed by atoms with Crippen molar-refractivity contribution in [3.63, 3.8) is 0 Å². The summed E-state index contributed by atoms with van der Waals surface area (Å²) in [6.07, 6.45) is 7.70. The Morgan fingerprint density at radius 1 is 1.33 bits per heavy atom. The fourth-order valence-electron chi connectivity index (χ4n) is 1.73. The number of rotatable bonds is 2. The molecule has 3 heteroatoms. The number of hydrogen-bond acceptors (Lipinski definition) is 3. The molecule has 15 heavy (non-hydrogen) atoms. The van der Waals surface area contributed by atoms with Crippen molar-refractivity contribution in [2.75, 3.05) is 7.11 Å². The van der Waals surface area contributed by atoms with Gasteiger partial charge in [-0.05, 0) is 36.1 Å². The van der Waals surface area contributed by atoms with E-state index in [1.54, 1.807) is 25.6 Å². The number of methoxy groups -OCH3 is 1. The Morgan fingerprint density at radius 3 is 2.93 bits per heavy atom. The maximum absolute atomic E-state index is 11.3. The molecular weight excluding hydrogens is 190 g/mol. The minimum Gasteiger partial charge on any atom is -0.495 e. The first-order valence-electron chi connectivity index (χ1n) is 5.02. The first-order chi connectivity index (χ1) is 7.29. The summed E-state index contributed by atoms with van der Waals surface area (Å²) in [5.41, 5.74) is 2.06. The lowest BCUT2D eigenvalue weighted by atomic mass is 9.94. The van der Waals surface area contributed by atoms with E-state index in [-0.39, 0.29) is 5.78 Å². The van der Waals surface area contributed by atoms with Gasteiger partial charge >= 0.3 is 0 Å². The number of allylic oxidation sites excluding steroid dienone is 2. The summed E-state index contributed by atoms with van der Waals surface area (Å²) in [7, 11) is 1.61. The fraction of sp³-hybridized carbons (Fsp3) is 0.333. The fourth-order valence-corrected chi connectivity index (χ4v) is 1.73. The van der Waals surface area contributed by atoms with Crippen molar-refractivity contribution >= 4 is 11.4 Å². The van der Waals surface area contributed by atoms with Crippen molar-refractivity contribution < 1.29 is 9.53 Å². The van der Waals surface area contributed by atoms with Gasteiger partial charge in [-0.15, -0.1) is 0 Å². The molecule has 1 aromatic heterocycles. The standard InChI is InChI=1S/C12H13NO2/c1-15-12-6-10(7-13-8-12)9-3-2-4-11(14)5-9/h5-8H,2-4H2,1H3. The number of aromatic nitrogens is 1. The second-order valence-corrected chi connectivity index (χ2v) is 3.60. The third-order valence-electron chi connectivity index (χ3n) is 2.52. The van der Waals surface area contributed by atoms with Gasteiger partial charge in [-0.3, -0.25) is 9.78 Å². The van der Waals surface area contributed by atoms with Crippen LogP contribution >= 0.6 is 0 Å². The largest absolute Gasteiger partial charge is 0.495 e. The molecule has 0 aromatic carbocycles.